The van der Waals surface area contributed by atoms with E-state index in [1.54, 1.807) is 12.3 Å². The zero-order valence-electron chi connectivity index (χ0n) is 16.6. The molecule has 0 aliphatic rings. The van der Waals surface area contributed by atoms with E-state index in [0.29, 0.717) is 30.2 Å². The average molecular weight is 413 g/mol. The maximum atomic E-state index is 14.3. The third-order valence-corrected chi connectivity index (χ3v) is 5.22. The Hall–Kier alpha value is -2.50. The first kappa shape index (κ1) is 21.2. The van der Waals surface area contributed by atoms with Gasteiger partial charge in [-0.05, 0) is 41.9 Å². The topological polar surface area (TPSA) is 83.8 Å². The second kappa shape index (κ2) is 9.81. The Balaban J connectivity index is 1.92. The van der Waals surface area contributed by atoms with E-state index in [2.05, 4.69) is 34.7 Å². The Morgan fingerprint density at radius 1 is 1.24 bits per heavy atom. The van der Waals surface area contributed by atoms with Crippen molar-refractivity contribution in [3.05, 3.63) is 59.3 Å². The van der Waals surface area contributed by atoms with Crippen molar-refractivity contribution in [3.63, 3.8) is 0 Å². The van der Waals surface area contributed by atoms with Crippen LogP contribution in [0.1, 0.15) is 43.1 Å². The Bertz CT molecular complexity index is 965. The number of halogens is 1. The van der Waals surface area contributed by atoms with Crippen LogP contribution < -0.4 is 10.6 Å². The summed E-state index contributed by atoms with van der Waals surface area (Å²) >= 11 is 0. The first-order valence-electron chi connectivity index (χ1n) is 9.63. The molecular formula is C21H25FN5OP. The van der Waals surface area contributed by atoms with Crippen LogP contribution >= 0.6 is 9.24 Å². The standard InChI is InChI=1S/C21H25FN5OP/c1-3-14-12-17(19-15(22)6-4-7-18(19)29)26-27-20(14)13(2)16-8-10-24-21(25-16)23-9-5-11-28/h4,6-8,10,12-13,28H,3,5,9,11,29H2,1-2H3,(H,23,24,25). The molecule has 2 atom stereocenters. The Kier molecular flexibility index (Phi) is 7.18. The van der Waals surface area contributed by atoms with Crippen LogP contribution in [0.2, 0.25) is 0 Å². The number of aryl methyl sites for hydroxylation is 1. The van der Waals surface area contributed by atoms with Crippen LogP contribution in [0.3, 0.4) is 0 Å². The fourth-order valence-corrected chi connectivity index (χ4v) is 3.54. The number of hydrogen-bond donors (Lipinski definition) is 2. The molecule has 152 valence electrons. The van der Waals surface area contributed by atoms with Crippen molar-refractivity contribution in [1.82, 2.24) is 20.2 Å². The van der Waals surface area contributed by atoms with E-state index in [0.717, 1.165) is 28.7 Å². The van der Waals surface area contributed by atoms with E-state index in [4.69, 9.17) is 5.11 Å². The minimum absolute atomic E-state index is 0.0935. The molecule has 0 saturated carbocycles. The quantitative estimate of drug-likeness (QED) is 0.436. The lowest BCUT2D eigenvalue weighted by Gasteiger charge is -2.16. The zero-order valence-corrected chi connectivity index (χ0v) is 17.7. The van der Waals surface area contributed by atoms with Crippen molar-refractivity contribution >= 4 is 20.5 Å². The zero-order chi connectivity index (χ0) is 20.8. The number of anilines is 1. The van der Waals surface area contributed by atoms with Gasteiger partial charge in [0.05, 0.1) is 17.1 Å². The predicted molar refractivity (Wildman–Crippen MR) is 116 cm³/mol. The van der Waals surface area contributed by atoms with Crippen LogP contribution in [-0.4, -0.2) is 38.4 Å². The molecule has 8 heteroatoms. The van der Waals surface area contributed by atoms with Crippen molar-refractivity contribution in [2.24, 2.45) is 0 Å². The van der Waals surface area contributed by atoms with Crippen molar-refractivity contribution in [2.45, 2.75) is 32.6 Å². The summed E-state index contributed by atoms with van der Waals surface area (Å²) in [6, 6.07) is 8.70. The summed E-state index contributed by atoms with van der Waals surface area (Å²) < 4.78 is 14.3. The first-order chi connectivity index (χ1) is 14.0. The summed E-state index contributed by atoms with van der Waals surface area (Å²) in [6.45, 7) is 4.78. The molecule has 0 aliphatic carbocycles. The highest BCUT2D eigenvalue weighted by Gasteiger charge is 2.19. The predicted octanol–water partition coefficient (Wildman–Crippen LogP) is 3.08. The number of aromatic nitrogens is 4. The molecule has 2 unspecified atom stereocenters. The number of rotatable bonds is 8. The second-order valence-corrected chi connectivity index (χ2v) is 7.35. The van der Waals surface area contributed by atoms with Gasteiger partial charge in [-0.25, -0.2) is 14.4 Å². The van der Waals surface area contributed by atoms with E-state index in [1.807, 2.05) is 32.0 Å². The fraction of sp³-hybridized carbons (Fsp3) is 0.333. The number of aliphatic hydroxyl groups is 1. The summed E-state index contributed by atoms with van der Waals surface area (Å²) in [4.78, 5) is 8.79. The molecule has 0 amide bonds. The van der Waals surface area contributed by atoms with E-state index >= 15 is 0 Å². The monoisotopic (exact) mass is 413 g/mol. The van der Waals surface area contributed by atoms with Crippen LogP contribution in [-0.2, 0) is 6.42 Å². The van der Waals surface area contributed by atoms with Crippen LogP contribution in [0.15, 0.2) is 36.5 Å². The van der Waals surface area contributed by atoms with Crippen LogP contribution in [0.5, 0.6) is 0 Å². The SMILES string of the molecule is CCc1cc(-c2c(F)cccc2P)nnc1C(C)c1ccnc(NCCCO)n1. The molecule has 2 N–H and O–H groups in total. The molecule has 2 heterocycles. The molecule has 0 aliphatic heterocycles. The number of nitrogens with zero attached hydrogens (tertiary/aromatic N) is 4. The van der Waals surface area contributed by atoms with Crippen molar-refractivity contribution in [2.75, 3.05) is 18.5 Å². The highest BCUT2D eigenvalue weighted by Crippen LogP contribution is 2.28. The lowest BCUT2D eigenvalue weighted by atomic mass is 9.96. The molecule has 3 rings (SSSR count). The maximum Gasteiger partial charge on any atom is 0.222 e. The van der Waals surface area contributed by atoms with Gasteiger partial charge in [0, 0.05) is 30.8 Å². The molecule has 0 saturated heterocycles. The smallest absolute Gasteiger partial charge is 0.222 e. The number of nitrogens with one attached hydrogen (secondary N) is 1. The van der Waals surface area contributed by atoms with Gasteiger partial charge in [0.25, 0.3) is 0 Å². The highest BCUT2D eigenvalue weighted by atomic mass is 31.0. The van der Waals surface area contributed by atoms with Crippen LogP contribution in [0, 0.1) is 5.82 Å². The Morgan fingerprint density at radius 3 is 2.79 bits per heavy atom. The van der Waals surface area contributed by atoms with Gasteiger partial charge in [-0.3, -0.25) is 0 Å². The third-order valence-electron chi connectivity index (χ3n) is 4.74. The van der Waals surface area contributed by atoms with Crippen LogP contribution in [0.4, 0.5) is 10.3 Å². The molecule has 0 fully saturated rings. The molecule has 0 radical (unpaired) electrons. The molecule has 0 bridgehead atoms. The summed E-state index contributed by atoms with van der Waals surface area (Å²) in [5.41, 5.74) is 3.62. The van der Waals surface area contributed by atoms with Gasteiger partial charge < -0.3 is 10.4 Å². The van der Waals surface area contributed by atoms with Gasteiger partial charge >= 0.3 is 0 Å². The molecule has 2 aromatic heterocycles. The van der Waals surface area contributed by atoms with E-state index in [9.17, 15) is 4.39 Å². The molecular weight excluding hydrogens is 388 g/mol. The number of aliphatic hydroxyl groups excluding tert-OH is 1. The average Bonchev–Trinajstić information content (AvgIpc) is 2.73. The molecule has 1 aromatic carbocycles. The lowest BCUT2D eigenvalue weighted by molar-refractivity contribution is 0.292. The maximum absolute atomic E-state index is 14.3. The van der Waals surface area contributed by atoms with Gasteiger partial charge in [0.2, 0.25) is 5.95 Å². The summed E-state index contributed by atoms with van der Waals surface area (Å²) in [6.07, 6.45) is 3.08. The largest absolute Gasteiger partial charge is 0.396 e. The van der Waals surface area contributed by atoms with Gasteiger partial charge in [0.15, 0.2) is 0 Å². The van der Waals surface area contributed by atoms with Gasteiger partial charge in [0.1, 0.15) is 5.82 Å². The third kappa shape index (κ3) is 4.92. The molecule has 29 heavy (non-hydrogen) atoms. The summed E-state index contributed by atoms with van der Waals surface area (Å²) in [5.74, 6) is 0.109. The number of benzene rings is 1. The minimum Gasteiger partial charge on any atom is -0.396 e. The van der Waals surface area contributed by atoms with Crippen molar-refractivity contribution in [3.8, 4) is 11.3 Å². The van der Waals surface area contributed by atoms with E-state index in [-0.39, 0.29) is 18.3 Å². The van der Waals surface area contributed by atoms with E-state index < -0.39 is 0 Å². The molecule has 0 spiro atoms. The molecule has 6 nitrogen and oxygen atoms in total. The fourth-order valence-electron chi connectivity index (χ4n) is 3.14. The minimum atomic E-state index is -0.316. The number of hydrogen-bond acceptors (Lipinski definition) is 6. The normalized spacial score (nSPS) is 12.0. The van der Waals surface area contributed by atoms with Crippen molar-refractivity contribution in [1.29, 1.82) is 0 Å². The lowest BCUT2D eigenvalue weighted by Crippen LogP contribution is -2.12. The first-order valence-corrected chi connectivity index (χ1v) is 10.2. The molecule has 3 aromatic rings. The Morgan fingerprint density at radius 2 is 2.07 bits per heavy atom. The van der Waals surface area contributed by atoms with Gasteiger partial charge in [-0.15, -0.1) is 9.24 Å². The van der Waals surface area contributed by atoms with Crippen molar-refractivity contribution < 1.29 is 9.50 Å². The summed E-state index contributed by atoms with van der Waals surface area (Å²) in [5, 5.41) is 21.5. The van der Waals surface area contributed by atoms with Crippen LogP contribution in [0.25, 0.3) is 11.3 Å². The second-order valence-electron chi connectivity index (χ2n) is 6.73. The highest BCUT2D eigenvalue weighted by molar-refractivity contribution is 7.28. The Labute approximate surface area is 172 Å². The summed E-state index contributed by atoms with van der Waals surface area (Å²) in [7, 11) is 2.55. The van der Waals surface area contributed by atoms with Gasteiger partial charge in [-0.1, -0.05) is 26.0 Å². The van der Waals surface area contributed by atoms with E-state index in [1.165, 1.54) is 6.07 Å². The van der Waals surface area contributed by atoms with Gasteiger partial charge in [-0.2, -0.15) is 10.2 Å².